The summed E-state index contributed by atoms with van der Waals surface area (Å²) in [6.07, 6.45) is 1.74. The van der Waals surface area contributed by atoms with E-state index in [4.69, 9.17) is 0 Å². The minimum Gasteiger partial charge on any atom is -0.358 e. The van der Waals surface area contributed by atoms with Crippen LogP contribution in [-0.2, 0) is 4.79 Å². The molecule has 1 atom stereocenters. The number of fused-ring (bicyclic) bond motifs is 1. The fourth-order valence-corrected chi connectivity index (χ4v) is 1.72. The molecular formula is C13H15N3O. The molecular weight excluding hydrogens is 214 g/mol. The van der Waals surface area contributed by atoms with E-state index in [2.05, 4.69) is 15.6 Å². The third-order valence-electron chi connectivity index (χ3n) is 2.67. The number of anilines is 1. The van der Waals surface area contributed by atoms with Gasteiger partial charge in [0, 0.05) is 18.6 Å². The Balaban J connectivity index is 2.33. The second-order valence-corrected chi connectivity index (χ2v) is 3.86. The molecule has 1 aromatic heterocycles. The summed E-state index contributed by atoms with van der Waals surface area (Å²) >= 11 is 0. The molecule has 1 unspecified atom stereocenters. The minimum absolute atomic E-state index is 0.0558. The Morgan fingerprint density at radius 1 is 1.29 bits per heavy atom. The highest BCUT2D eigenvalue weighted by atomic mass is 16.2. The zero-order valence-electron chi connectivity index (χ0n) is 9.90. The predicted octanol–water partition coefficient (Wildman–Crippen LogP) is 1.78. The van der Waals surface area contributed by atoms with E-state index in [1.807, 2.05) is 37.3 Å². The standard InChI is InChI=1S/C13H15N3O/c1-9(13(17)14-2)16-12-11-6-4-3-5-10(11)7-8-15-12/h3-9H,1-2H3,(H,14,17)(H,15,16). The van der Waals surface area contributed by atoms with Gasteiger partial charge in [0.2, 0.25) is 5.91 Å². The van der Waals surface area contributed by atoms with Gasteiger partial charge in [-0.1, -0.05) is 24.3 Å². The molecule has 0 aliphatic carbocycles. The number of carbonyl (C=O) groups excluding carboxylic acids is 1. The number of carbonyl (C=O) groups is 1. The normalized spacial score (nSPS) is 12.1. The molecule has 0 fully saturated rings. The van der Waals surface area contributed by atoms with Crippen LogP contribution in [0.4, 0.5) is 5.82 Å². The number of pyridine rings is 1. The van der Waals surface area contributed by atoms with E-state index in [-0.39, 0.29) is 11.9 Å². The molecule has 0 radical (unpaired) electrons. The van der Waals surface area contributed by atoms with Crippen LogP contribution in [-0.4, -0.2) is 24.0 Å². The van der Waals surface area contributed by atoms with Crippen LogP contribution in [0.2, 0.25) is 0 Å². The van der Waals surface area contributed by atoms with Crippen molar-refractivity contribution in [3.8, 4) is 0 Å². The van der Waals surface area contributed by atoms with Gasteiger partial charge in [0.05, 0.1) is 0 Å². The molecule has 1 aromatic carbocycles. The second-order valence-electron chi connectivity index (χ2n) is 3.86. The number of nitrogens with one attached hydrogen (secondary N) is 2. The molecule has 0 bridgehead atoms. The Morgan fingerprint density at radius 2 is 2.06 bits per heavy atom. The van der Waals surface area contributed by atoms with Crippen molar-refractivity contribution in [1.82, 2.24) is 10.3 Å². The van der Waals surface area contributed by atoms with Crippen LogP contribution in [0.25, 0.3) is 10.8 Å². The molecule has 2 N–H and O–H groups in total. The van der Waals surface area contributed by atoms with Gasteiger partial charge in [0.25, 0.3) is 0 Å². The molecule has 0 spiro atoms. The molecule has 0 saturated heterocycles. The van der Waals surface area contributed by atoms with Crippen molar-refractivity contribution < 1.29 is 4.79 Å². The molecule has 4 heteroatoms. The van der Waals surface area contributed by atoms with Gasteiger partial charge in [-0.3, -0.25) is 4.79 Å². The lowest BCUT2D eigenvalue weighted by Gasteiger charge is -2.14. The van der Waals surface area contributed by atoms with Gasteiger partial charge in [0.1, 0.15) is 11.9 Å². The van der Waals surface area contributed by atoms with Gasteiger partial charge < -0.3 is 10.6 Å². The predicted molar refractivity (Wildman–Crippen MR) is 68.9 cm³/mol. The van der Waals surface area contributed by atoms with Crippen LogP contribution < -0.4 is 10.6 Å². The minimum atomic E-state index is -0.307. The van der Waals surface area contributed by atoms with Crippen LogP contribution >= 0.6 is 0 Å². The Morgan fingerprint density at radius 3 is 2.82 bits per heavy atom. The summed E-state index contributed by atoms with van der Waals surface area (Å²) in [5.74, 6) is 0.680. The number of benzene rings is 1. The Bertz CT molecular complexity index is 534. The smallest absolute Gasteiger partial charge is 0.241 e. The average Bonchev–Trinajstić information content (AvgIpc) is 2.38. The molecule has 0 aliphatic rings. The van der Waals surface area contributed by atoms with E-state index >= 15 is 0 Å². The zero-order chi connectivity index (χ0) is 12.3. The van der Waals surface area contributed by atoms with Gasteiger partial charge in [-0.05, 0) is 18.4 Å². The molecule has 1 amide bonds. The lowest BCUT2D eigenvalue weighted by Crippen LogP contribution is -2.35. The summed E-state index contributed by atoms with van der Waals surface area (Å²) in [6.45, 7) is 1.81. The maximum atomic E-state index is 11.5. The molecule has 4 nitrogen and oxygen atoms in total. The van der Waals surface area contributed by atoms with Gasteiger partial charge in [-0.15, -0.1) is 0 Å². The number of amides is 1. The van der Waals surface area contributed by atoms with Gasteiger partial charge in [-0.25, -0.2) is 4.98 Å². The summed E-state index contributed by atoms with van der Waals surface area (Å²) in [5.41, 5.74) is 0. The SMILES string of the molecule is CNC(=O)C(C)Nc1nccc2ccccc12. The quantitative estimate of drug-likeness (QED) is 0.843. The van der Waals surface area contributed by atoms with Crippen LogP contribution in [0.15, 0.2) is 36.5 Å². The van der Waals surface area contributed by atoms with Crippen LogP contribution in [0.3, 0.4) is 0 Å². The Labute approximate surface area is 100 Å². The van der Waals surface area contributed by atoms with E-state index in [0.29, 0.717) is 0 Å². The highest BCUT2D eigenvalue weighted by Gasteiger charge is 2.12. The van der Waals surface area contributed by atoms with Gasteiger partial charge >= 0.3 is 0 Å². The van der Waals surface area contributed by atoms with Crippen LogP contribution in [0.5, 0.6) is 0 Å². The van der Waals surface area contributed by atoms with E-state index in [1.165, 1.54) is 0 Å². The van der Waals surface area contributed by atoms with Crippen molar-refractivity contribution in [3.05, 3.63) is 36.5 Å². The third-order valence-corrected chi connectivity index (χ3v) is 2.67. The second kappa shape index (κ2) is 4.82. The first-order valence-electron chi connectivity index (χ1n) is 5.54. The topological polar surface area (TPSA) is 54.0 Å². The fourth-order valence-electron chi connectivity index (χ4n) is 1.72. The largest absolute Gasteiger partial charge is 0.358 e. The Hall–Kier alpha value is -2.10. The molecule has 2 aromatic rings. The van der Waals surface area contributed by atoms with Crippen molar-refractivity contribution in [3.63, 3.8) is 0 Å². The summed E-state index contributed by atoms with van der Waals surface area (Å²) in [7, 11) is 1.62. The van der Waals surface area contributed by atoms with Crippen molar-refractivity contribution in [2.45, 2.75) is 13.0 Å². The molecule has 17 heavy (non-hydrogen) atoms. The first-order chi connectivity index (χ1) is 8.22. The number of nitrogens with zero attached hydrogens (tertiary/aromatic N) is 1. The molecule has 0 saturated carbocycles. The number of hydrogen-bond donors (Lipinski definition) is 2. The van der Waals surface area contributed by atoms with Gasteiger partial charge in [0.15, 0.2) is 0 Å². The van der Waals surface area contributed by atoms with Crippen molar-refractivity contribution in [1.29, 1.82) is 0 Å². The maximum Gasteiger partial charge on any atom is 0.241 e. The number of aromatic nitrogens is 1. The Kier molecular flexibility index (Phi) is 3.23. The van der Waals surface area contributed by atoms with E-state index in [1.54, 1.807) is 13.2 Å². The van der Waals surface area contributed by atoms with Gasteiger partial charge in [-0.2, -0.15) is 0 Å². The van der Waals surface area contributed by atoms with Crippen molar-refractivity contribution in [2.24, 2.45) is 0 Å². The lowest BCUT2D eigenvalue weighted by molar-refractivity contribution is -0.121. The van der Waals surface area contributed by atoms with E-state index in [9.17, 15) is 4.79 Å². The van der Waals surface area contributed by atoms with Crippen LogP contribution in [0.1, 0.15) is 6.92 Å². The molecule has 1 heterocycles. The number of rotatable bonds is 3. The maximum absolute atomic E-state index is 11.5. The first kappa shape index (κ1) is 11.4. The van der Waals surface area contributed by atoms with Crippen LogP contribution in [0, 0.1) is 0 Å². The molecule has 2 rings (SSSR count). The summed E-state index contributed by atoms with van der Waals surface area (Å²) in [4.78, 5) is 15.7. The fraction of sp³-hybridized carbons (Fsp3) is 0.231. The van der Waals surface area contributed by atoms with Crippen molar-refractivity contribution >= 4 is 22.5 Å². The average molecular weight is 229 g/mol. The number of hydrogen-bond acceptors (Lipinski definition) is 3. The van der Waals surface area contributed by atoms with E-state index in [0.717, 1.165) is 16.6 Å². The number of likely N-dealkylation sites (N-methyl/N-ethyl adjacent to an activating group) is 1. The summed E-state index contributed by atoms with van der Waals surface area (Å²) < 4.78 is 0. The first-order valence-corrected chi connectivity index (χ1v) is 5.54. The monoisotopic (exact) mass is 229 g/mol. The summed E-state index contributed by atoms with van der Waals surface area (Å²) in [5, 5.41) is 7.84. The van der Waals surface area contributed by atoms with E-state index < -0.39 is 0 Å². The summed E-state index contributed by atoms with van der Waals surface area (Å²) in [6, 6.07) is 9.59. The van der Waals surface area contributed by atoms with Crippen molar-refractivity contribution in [2.75, 3.05) is 12.4 Å². The third kappa shape index (κ3) is 2.36. The molecule has 88 valence electrons. The highest BCUT2D eigenvalue weighted by molar-refractivity contribution is 5.93. The zero-order valence-corrected chi connectivity index (χ0v) is 9.90. The molecule has 0 aliphatic heterocycles. The lowest BCUT2D eigenvalue weighted by atomic mass is 10.1. The highest BCUT2D eigenvalue weighted by Crippen LogP contribution is 2.20.